The highest BCUT2D eigenvalue weighted by molar-refractivity contribution is 5.91. The van der Waals surface area contributed by atoms with Gasteiger partial charge in [0, 0.05) is 49.7 Å². The molecule has 1 aliphatic heterocycles. The molecule has 3 heterocycles. The van der Waals surface area contributed by atoms with E-state index in [1.165, 1.54) is 17.0 Å². The van der Waals surface area contributed by atoms with Crippen molar-refractivity contribution in [3.8, 4) is 0 Å². The third kappa shape index (κ3) is 3.45. The molecule has 7 nitrogen and oxygen atoms in total. The van der Waals surface area contributed by atoms with Crippen molar-refractivity contribution in [2.24, 2.45) is 5.92 Å². The van der Waals surface area contributed by atoms with E-state index in [1.807, 2.05) is 0 Å². The lowest BCUT2D eigenvalue weighted by atomic mass is 10.0. The zero-order valence-electron chi connectivity index (χ0n) is 12.7. The fourth-order valence-corrected chi connectivity index (χ4v) is 2.79. The number of aliphatic hydroxyl groups is 1. The molecule has 3 rings (SSSR count). The lowest BCUT2D eigenvalue weighted by Crippen LogP contribution is -2.30. The number of aliphatic hydroxyl groups excluding tert-OH is 1. The minimum Gasteiger partial charge on any atom is -0.456 e. The summed E-state index contributed by atoms with van der Waals surface area (Å²) in [6.07, 6.45) is 4.73. The fraction of sp³-hybridized carbons (Fsp3) is 0.375. The predicted octanol–water partition coefficient (Wildman–Crippen LogP) is 0.414. The van der Waals surface area contributed by atoms with E-state index < -0.39 is 6.10 Å². The summed E-state index contributed by atoms with van der Waals surface area (Å²) >= 11 is 0. The molecule has 23 heavy (non-hydrogen) atoms. The van der Waals surface area contributed by atoms with Gasteiger partial charge in [-0.25, -0.2) is 0 Å². The topological polar surface area (TPSA) is 96.5 Å². The highest BCUT2D eigenvalue weighted by atomic mass is 16.3. The van der Waals surface area contributed by atoms with Crippen LogP contribution in [0.15, 0.2) is 39.9 Å². The lowest BCUT2D eigenvalue weighted by molar-refractivity contribution is 0.0729. The number of aromatic nitrogens is 2. The number of likely N-dealkylation sites (tertiary alicyclic amines) is 1. The zero-order valence-corrected chi connectivity index (χ0v) is 12.7. The summed E-state index contributed by atoms with van der Waals surface area (Å²) in [6, 6.07) is 2.50. The number of aryl methyl sites for hydroxylation is 1. The highest BCUT2D eigenvalue weighted by Crippen LogP contribution is 2.22. The molecule has 1 fully saturated rings. The number of hydrogen-bond donors (Lipinski definition) is 1. The molecule has 7 heteroatoms. The van der Waals surface area contributed by atoms with E-state index in [0.717, 1.165) is 5.69 Å². The Morgan fingerprint density at radius 1 is 1.39 bits per heavy atom. The monoisotopic (exact) mass is 315 g/mol. The maximum atomic E-state index is 12.4. The number of nitrogens with zero attached hydrogens (tertiary/aromatic N) is 3. The summed E-state index contributed by atoms with van der Waals surface area (Å²) in [5, 5.41) is 10.2. The number of carbonyl (C=O) groups is 1. The first-order valence-electron chi connectivity index (χ1n) is 7.37. The fourth-order valence-electron chi connectivity index (χ4n) is 2.79. The molecular formula is C16H17N3O4. The van der Waals surface area contributed by atoms with Gasteiger partial charge in [-0.1, -0.05) is 0 Å². The Labute approximate surface area is 132 Å². The van der Waals surface area contributed by atoms with Crippen LogP contribution in [0.1, 0.15) is 22.0 Å². The molecule has 0 aliphatic carbocycles. The molecule has 0 unspecified atom stereocenters. The van der Waals surface area contributed by atoms with E-state index in [-0.39, 0.29) is 29.6 Å². The van der Waals surface area contributed by atoms with E-state index >= 15 is 0 Å². The summed E-state index contributed by atoms with van der Waals surface area (Å²) in [4.78, 5) is 33.6. The van der Waals surface area contributed by atoms with E-state index in [0.29, 0.717) is 18.7 Å². The van der Waals surface area contributed by atoms with Crippen molar-refractivity contribution in [1.82, 2.24) is 14.9 Å². The number of β-amino-alcohol motifs (C(OH)–C–C–N with tert-alkyl or cyclic N) is 1. The number of rotatable bonds is 3. The minimum absolute atomic E-state index is 0.00218. The number of carbonyl (C=O) groups excluding carboxylic acids is 1. The van der Waals surface area contributed by atoms with Gasteiger partial charge in [-0.2, -0.15) is 0 Å². The van der Waals surface area contributed by atoms with E-state index in [1.54, 1.807) is 25.5 Å². The van der Waals surface area contributed by atoms with Gasteiger partial charge in [-0.15, -0.1) is 0 Å². The van der Waals surface area contributed by atoms with Gasteiger partial charge in [0.15, 0.2) is 11.2 Å². The van der Waals surface area contributed by atoms with Gasteiger partial charge < -0.3 is 14.4 Å². The maximum absolute atomic E-state index is 12.4. The van der Waals surface area contributed by atoms with Crippen molar-refractivity contribution >= 4 is 5.91 Å². The molecule has 2 aromatic rings. The van der Waals surface area contributed by atoms with Crippen LogP contribution >= 0.6 is 0 Å². The lowest BCUT2D eigenvalue weighted by Gasteiger charge is -2.15. The maximum Gasteiger partial charge on any atom is 0.289 e. The van der Waals surface area contributed by atoms with E-state index in [9.17, 15) is 14.7 Å². The third-order valence-electron chi connectivity index (χ3n) is 3.88. The summed E-state index contributed by atoms with van der Waals surface area (Å²) in [7, 11) is 0. The average Bonchev–Trinajstić information content (AvgIpc) is 2.87. The molecule has 0 bridgehead atoms. The van der Waals surface area contributed by atoms with Crippen LogP contribution in [0.25, 0.3) is 0 Å². The van der Waals surface area contributed by atoms with Crippen LogP contribution in [0.4, 0.5) is 0 Å². The van der Waals surface area contributed by atoms with Crippen LogP contribution < -0.4 is 5.43 Å². The quantitative estimate of drug-likeness (QED) is 0.881. The van der Waals surface area contributed by atoms with Crippen LogP contribution in [0, 0.1) is 12.8 Å². The van der Waals surface area contributed by atoms with E-state index in [4.69, 9.17) is 4.42 Å². The Morgan fingerprint density at radius 3 is 2.91 bits per heavy atom. The van der Waals surface area contributed by atoms with Gasteiger partial charge in [0.2, 0.25) is 0 Å². The molecule has 1 amide bonds. The van der Waals surface area contributed by atoms with Crippen LogP contribution in [0.3, 0.4) is 0 Å². The molecule has 2 atom stereocenters. The Hall–Kier alpha value is -2.54. The second kappa shape index (κ2) is 6.29. The molecule has 1 N–H and O–H groups in total. The first-order chi connectivity index (χ1) is 11.0. The highest BCUT2D eigenvalue weighted by Gasteiger charge is 2.35. The molecule has 2 aromatic heterocycles. The van der Waals surface area contributed by atoms with Gasteiger partial charge in [-0.05, 0) is 13.3 Å². The Morgan fingerprint density at radius 2 is 2.22 bits per heavy atom. The molecule has 0 spiro atoms. The van der Waals surface area contributed by atoms with Crippen molar-refractivity contribution in [3.63, 3.8) is 0 Å². The Kier molecular flexibility index (Phi) is 4.20. The SMILES string of the molecule is Cc1cc(=O)cc(C(=O)N2C[C@@H](Cc3cnccn3)[C@H](O)C2)o1. The van der Waals surface area contributed by atoms with E-state index in [2.05, 4.69) is 9.97 Å². The normalized spacial score (nSPS) is 20.7. The van der Waals surface area contributed by atoms with Gasteiger partial charge in [0.1, 0.15) is 5.76 Å². The number of hydrogen-bond acceptors (Lipinski definition) is 6. The second-order valence-electron chi connectivity index (χ2n) is 5.71. The summed E-state index contributed by atoms with van der Waals surface area (Å²) in [5.74, 6) is -0.113. The van der Waals surface area contributed by atoms with Crippen molar-refractivity contribution in [2.75, 3.05) is 13.1 Å². The van der Waals surface area contributed by atoms with Crippen LogP contribution in [0.5, 0.6) is 0 Å². The van der Waals surface area contributed by atoms with Crippen molar-refractivity contribution < 1.29 is 14.3 Å². The molecule has 0 saturated carbocycles. The minimum atomic E-state index is -0.641. The average molecular weight is 315 g/mol. The molecule has 1 saturated heterocycles. The van der Waals surface area contributed by atoms with Crippen LogP contribution in [0.2, 0.25) is 0 Å². The van der Waals surface area contributed by atoms with Crippen molar-refractivity contribution in [3.05, 3.63) is 58.2 Å². The van der Waals surface area contributed by atoms with Crippen LogP contribution in [-0.2, 0) is 6.42 Å². The first kappa shape index (κ1) is 15.4. The van der Waals surface area contributed by atoms with Crippen molar-refractivity contribution in [1.29, 1.82) is 0 Å². The Bertz CT molecular complexity index is 759. The molecule has 120 valence electrons. The van der Waals surface area contributed by atoms with Crippen LogP contribution in [-0.4, -0.2) is 45.1 Å². The van der Waals surface area contributed by atoms with Gasteiger partial charge >= 0.3 is 0 Å². The van der Waals surface area contributed by atoms with Crippen molar-refractivity contribution in [2.45, 2.75) is 19.4 Å². The summed E-state index contributed by atoms with van der Waals surface area (Å²) in [5.41, 5.74) is 0.501. The largest absolute Gasteiger partial charge is 0.456 e. The summed E-state index contributed by atoms with van der Waals surface area (Å²) < 4.78 is 5.33. The smallest absolute Gasteiger partial charge is 0.289 e. The standard InChI is InChI=1S/C16H17N3O4/c1-10-4-13(20)6-15(23-10)16(22)19-8-11(14(21)9-19)5-12-7-17-2-3-18-12/h2-4,6-7,11,14,21H,5,8-9H2,1H3/t11-,14-/m1/s1. The zero-order chi connectivity index (χ0) is 16.4. The molecule has 0 aromatic carbocycles. The summed E-state index contributed by atoms with van der Waals surface area (Å²) in [6.45, 7) is 2.21. The van der Waals surface area contributed by atoms with Gasteiger partial charge in [0.05, 0.1) is 11.8 Å². The Balaban J connectivity index is 1.72. The first-order valence-corrected chi connectivity index (χ1v) is 7.37. The third-order valence-corrected chi connectivity index (χ3v) is 3.88. The van der Waals surface area contributed by atoms with Gasteiger partial charge in [0.25, 0.3) is 5.91 Å². The molecule has 0 radical (unpaired) electrons. The van der Waals surface area contributed by atoms with Gasteiger partial charge in [-0.3, -0.25) is 19.6 Å². The molecular weight excluding hydrogens is 298 g/mol. The predicted molar refractivity (Wildman–Crippen MR) is 80.9 cm³/mol. The second-order valence-corrected chi connectivity index (χ2v) is 5.71. The molecule has 1 aliphatic rings. The number of amides is 1.